The average Bonchev–Trinajstić information content (AvgIpc) is 3.18. The lowest BCUT2D eigenvalue weighted by molar-refractivity contribution is 0.0472. The fourth-order valence-corrected chi connectivity index (χ4v) is 2.72. The van der Waals surface area contributed by atoms with Crippen molar-refractivity contribution in [1.29, 1.82) is 0 Å². The molecule has 26 heavy (non-hydrogen) atoms. The van der Waals surface area contributed by atoms with Crippen LogP contribution >= 0.6 is 11.3 Å². The highest BCUT2D eigenvalue weighted by atomic mass is 32.1. The van der Waals surface area contributed by atoms with Crippen molar-refractivity contribution < 1.29 is 19.1 Å². The fraction of sp³-hybridized carbons (Fsp3) is 0.105. The van der Waals surface area contributed by atoms with Crippen molar-refractivity contribution in [3.05, 3.63) is 81.8 Å². The Hall–Kier alpha value is -3.19. The summed E-state index contributed by atoms with van der Waals surface area (Å²) in [6.45, 7) is 0.440. The van der Waals surface area contributed by atoms with Crippen molar-refractivity contribution in [2.45, 2.75) is 13.2 Å². The number of ether oxygens (including phenoxy) is 2. The van der Waals surface area contributed by atoms with E-state index in [1.165, 1.54) is 11.3 Å². The number of carbonyl (C=O) groups is 2. The molecule has 1 amide bonds. The number of esters is 1. The van der Waals surface area contributed by atoms with E-state index < -0.39 is 11.9 Å². The first kappa shape index (κ1) is 17.6. The Morgan fingerprint density at radius 1 is 1.04 bits per heavy atom. The van der Waals surface area contributed by atoms with Gasteiger partial charge in [0.15, 0.2) is 0 Å². The minimum atomic E-state index is -0.497. The number of hydrogen-bond donors (Lipinski definition) is 1. The lowest BCUT2D eigenvalue weighted by Gasteiger charge is -2.08. The van der Waals surface area contributed by atoms with Gasteiger partial charge < -0.3 is 15.2 Å². The molecule has 132 valence electrons. The fourth-order valence-electron chi connectivity index (χ4n) is 2.18. The molecule has 0 saturated heterocycles. The Kier molecular flexibility index (Phi) is 5.60. The highest BCUT2D eigenvalue weighted by Gasteiger charge is 2.09. The van der Waals surface area contributed by atoms with Gasteiger partial charge in [-0.2, -0.15) is 0 Å². The van der Waals surface area contributed by atoms with Gasteiger partial charge in [-0.1, -0.05) is 18.2 Å². The van der Waals surface area contributed by atoms with E-state index in [0.717, 1.165) is 11.3 Å². The number of benzene rings is 2. The summed E-state index contributed by atoms with van der Waals surface area (Å²) in [5.74, 6) is -0.385. The van der Waals surface area contributed by atoms with E-state index in [4.69, 9.17) is 15.2 Å². The molecular formula is C19H16N2O4S. The number of primary amides is 1. The first-order valence-electron chi connectivity index (χ1n) is 7.77. The van der Waals surface area contributed by atoms with Gasteiger partial charge in [-0.05, 0) is 35.9 Å². The zero-order chi connectivity index (χ0) is 18.4. The molecule has 7 heteroatoms. The smallest absolute Gasteiger partial charge is 0.338 e. The molecule has 0 aliphatic heterocycles. The molecule has 2 N–H and O–H groups in total. The van der Waals surface area contributed by atoms with Crippen LogP contribution in [0.3, 0.4) is 0 Å². The third kappa shape index (κ3) is 4.67. The van der Waals surface area contributed by atoms with Crippen molar-refractivity contribution in [1.82, 2.24) is 4.98 Å². The van der Waals surface area contributed by atoms with E-state index in [2.05, 4.69) is 4.98 Å². The third-order valence-electron chi connectivity index (χ3n) is 3.55. The number of nitrogens with zero attached hydrogens (tertiary/aromatic N) is 1. The molecule has 0 saturated carbocycles. The Morgan fingerprint density at radius 2 is 1.85 bits per heavy atom. The zero-order valence-electron chi connectivity index (χ0n) is 13.8. The Morgan fingerprint density at radius 3 is 2.54 bits per heavy atom. The van der Waals surface area contributed by atoms with E-state index in [0.29, 0.717) is 23.5 Å². The standard InChI is InChI=1S/C19H16N2O4S/c20-18(22)14-6-4-13(5-7-14)9-25-19(23)15-2-1-3-17(8-15)24-10-16-11-26-12-21-16/h1-8,11-12H,9-10H2,(H2,20,22). The molecule has 0 fully saturated rings. The Bertz CT molecular complexity index is 892. The predicted octanol–water partition coefficient (Wildman–Crippen LogP) is 3.18. The van der Waals surface area contributed by atoms with Crippen molar-refractivity contribution in [3.63, 3.8) is 0 Å². The molecular weight excluding hydrogens is 352 g/mol. The Labute approximate surface area is 154 Å². The number of carbonyl (C=O) groups excluding carboxylic acids is 2. The molecule has 0 aliphatic rings. The SMILES string of the molecule is NC(=O)c1ccc(COC(=O)c2cccc(OCc3cscn3)c2)cc1. The molecule has 0 atom stereocenters. The molecule has 0 unspecified atom stereocenters. The molecule has 1 aromatic heterocycles. The summed E-state index contributed by atoms with van der Waals surface area (Å²) in [5.41, 5.74) is 9.33. The molecule has 3 aromatic rings. The summed E-state index contributed by atoms with van der Waals surface area (Å²) in [7, 11) is 0. The van der Waals surface area contributed by atoms with E-state index in [1.807, 2.05) is 5.38 Å². The largest absolute Gasteiger partial charge is 0.487 e. The van der Waals surface area contributed by atoms with Gasteiger partial charge in [0.2, 0.25) is 5.91 Å². The highest BCUT2D eigenvalue weighted by molar-refractivity contribution is 7.07. The van der Waals surface area contributed by atoms with Crippen LogP contribution in [0.4, 0.5) is 0 Å². The minimum Gasteiger partial charge on any atom is -0.487 e. The first-order valence-corrected chi connectivity index (χ1v) is 8.72. The van der Waals surface area contributed by atoms with Crippen LogP contribution in [0.25, 0.3) is 0 Å². The maximum Gasteiger partial charge on any atom is 0.338 e. The number of amides is 1. The second-order valence-electron chi connectivity index (χ2n) is 5.43. The van der Waals surface area contributed by atoms with Crippen molar-refractivity contribution >= 4 is 23.2 Å². The van der Waals surface area contributed by atoms with Gasteiger partial charge in [0.25, 0.3) is 0 Å². The van der Waals surface area contributed by atoms with Gasteiger partial charge in [0.05, 0.1) is 16.8 Å². The summed E-state index contributed by atoms with van der Waals surface area (Å²) >= 11 is 1.50. The van der Waals surface area contributed by atoms with Crippen LogP contribution in [0.5, 0.6) is 5.75 Å². The monoisotopic (exact) mass is 368 g/mol. The van der Waals surface area contributed by atoms with E-state index in [1.54, 1.807) is 54.0 Å². The molecule has 0 spiro atoms. The highest BCUT2D eigenvalue weighted by Crippen LogP contribution is 2.17. The summed E-state index contributed by atoms with van der Waals surface area (Å²) in [4.78, 5) is 27.4. The molecule has 2 aromatic carbocycles. The molecule has 0 aliphatic carbocycles. The van der Waals surface area contributed by atoms with Crippen LogP contribution in [0.15, 0.2) is 59.4 Å². The zero-order valence-corrected chi connectivity index (χ0v) is 14.6. The number of hydrogen-bond acceptors (Lipinski definition) is 6. The van der Waals surface area contributed by atoms with Crippen LogP contribution in [-0.2, 0) is 18.0 Å². The van der Waals surface area contributed by atoms with Crippen LogP contribution in [0, 0.1) is 0 Å². The summed E-state index contributed by atoms with van der Waals surface area (Å²) in [5, 5.41) is 1.90. The number of rotatable bonds is 7. The second-order valence-corrected chi connectivity index (χ2v) is 6.15. The summed E-state index contributed by atoms with van der Waals surface area (Å²) < 4.78 is 10.9. The van der Waals surface area contributed by atoms with Gasteiger partial charge in [-0.15, -0.1) is 11.3 Å². The van der Waals surface area contributed by atoms with Crippen LogP contribution in [0.2, 0.25) is 0 Å². The van der Waals surface area contributed by atoms with E-state index in [9.17, 15) is 9.59 Å². The van der Waals surface area contributed by atoms with Crippen molar-refractivity contribution in [2.24, 2.45) is 5.73 Å². The van der Waals surface area contributed by atoms with Gasteiger partial charge in [-0.3, -0.25) is 4.79 Å². The van der Waals surface area contributed by atoms with Crippen molar-refractivity contribution in [2.75, 3.05) is 0 Å². The quantitative estimate of drug-likeness (QED) is 0.647. The summed E-state index contributed by atoms with van der Waals surface area (Å²) in [6.07, 6.45) is 0. The van der Waals surface area contributed by atoms with E-state index >= 15 is 0 Å². The van der Waals surface area contributed by atoms with Gasteiger partial charge in [0, 0.05) is 10.9 Å². The molecule has 0 bridgehead atoms. The lowest BCUT2D eigenvalue weighted by atomic mass is 10.1. The third-order valence-corrected chi connectivity index (χ3v) is 4.18. The van der Waals surface area contributed by atoms with Gasteiger partial charge in [-0.25, -0.2) is 9.78 Å². The number of thiazole rings is 1. The second kappa shape index (κ2) is 8.26. The molecule has 0 radical (unpaired) electrons. The first-order chi connectivity index (χ1) is 12.6. The molecule has 6 nitrogen and oxygen atoms in total. The minimum absolute atomic E-state index is 0.0990. The van der Waals surface area contributed by atoms with Crippen LogP contribution in [-0.4, -0.2) is 16.9 Å². The summed E-state index contributed by atoms with van der Waals surface area (Å²) in [6, 6.07) is 13.4. The van der Waals surface area contributed by atoms with Crippen molar-refractivity contribution in [3.8, 4) is 5.75 Å². The number of aromatic nitrogens is 1. The molecule has 3 rings (SSSR count). The average molecular weight is 368 g/mol. The number of nitrogens with two attached hydrogens (primary N) is 1. The van der Waals surface area contributed by atoms with Gasteiger partial charge in [0.1, 0.15) is 19.0 Å². The maximum atomic E-state index is 12.2. The predicted molar refractivity (Wildman–Crippen MR) is 97.0 cm³/mol. The molecule has 1 heterocycles. The van der Waals surface area contributed by atoms with Gasteiger partial charge >= 0.3 is 5.97 Å². The Balaban J connectivity index is 1.57. The van der Waals surface area contributed by atoms with Crippen LogP contribution in [0.1, 0.15) is 32.0 Å². The van der Waals surface area contributed by atoms with E-state index in [-0.39, 0.29) is 6.61 Å². The topological polar surface area (TPSA) is 91.5 Å². The maximum absolute atomic E-state index is 12.2. The van der Waals surface area contributed by atoms with Crippen LogP contribution < -0.4 is 10.5 Å². The normalized spacial score (nSPS) is 10.3. The lowest BCUT2D eigenvalue weighted by Crippen LogP contribution is -2.11.